The van der Waals surface area contributed by atoms with Crippen LogP contribution in [0, 0.1) is 0 Å². The predicted octanol–water partition coefficient (Wildman–Crippen LogP) is 4.24. The van der Waals surface area contributed by atoms with Crippen molar-refractivity contribution in [2.24, 2.45) is 0 Å². The van der Waals surface area contributed by atoms with Crippen LogP contribution in [0.3, 0.4) is 0 Å². The summed E-state index contributed by atoms with van der Waals surface area (Å²) in [6.45, 7) is 0. The first-order chi connectivity index (χ1) is 7.40. The minimum absolute atomic E-state index is 0.430. The van der Waals surface area contributed by atoms with Gasteiger partial charge in [0.1, 0.15) is 0 Å². The fraction of sp³-hybridized carbons (Fsp3) is 0.750. The fourth-order valence-corrected chi connectivity index (χ4v) is 2.46. The van der Waals surface area contributed by atoms with Crippen LogP contribution in [0.15, 0.2) is 10.6 Å². The summed E-state index contributed by atoms with van der Waals surface area (Å²) in [4.78, 5) is 0. The zero-order chi connectivity index (χ0) is 10.5. The van der Waals surface area contributed by atoms with Gasteiger partial charge in [0.25, 0.3) is 0 Å². The molecule has 0 aromatic carbocycles. The molecule has 1 aromatic rings. The predicted molar refractivity (Wildman–Crippen MR) is 61.1 cm³/mol. The molecule has 0 aliphatic heterocycles. The van der Waals surface area contributed by atoms with Crippen molar-refractivity contribution in [3.05, 3.63) is 17.5 Å². The first-order valence-corrected chi connectivity index (χ1v) is 6.45. The summed E-state index contributed by atoms with van der Waals surface area (Å²) in [5, 5.41) is 4.12. The van der Waals surface area contributed by atoms with Gasteiger partial charge >= 0.3 is 0 Å². The normalized spacial score (nSPS) is 19.8. The van der Waals surface area contributed by atoms with Gasteiger partial charge in [0.15, 0.2) is 5.76 Å². The molecule has 0 N–H and O–H groups in total. The molecule has 1 aromatic heterocycles. The Labute approximate surface area is 96.0 Å². The van der Waals surface area contributed by atoms with Crippen molar-refractivity contribution in [1.82, 2.24) is 5.16 Å². The summed E-state index contributed by atoms with van der Waals surface area (Å²) in [5.41, 5.74) is 1.12. The van der Waals surface area contributed by atoms with Crippen molar-refractivity contribution in [3.8, 4) is 0 Å². The molecule has 1 fully saturated rings. The molecule has 3 heteroatoms. The third kappa shape index (κ3) is 2.97. The molecular formula is C12H18ClNO. The molecule has 1 aliphatic rings. The van der Waals surface area contributed by atoms with Gasteiger partial charge < -0.3 is 4.52 Å². The summed E-state index contributed by atoms with van der Waals surface area (Å²) in [5.74, 6) is 1.83. The van der Waals surface area contributed by atoms with Crippen LogP contribution in [-0.4, -0.2) is 5.16 Å². The van der Waals surface area contributed by atoms with Crippen LogP contribution in [0.2, 0.25) is 0 Å². The van der Waals surface area contributed by atoms with Gasteiger partial charge in [-0.3, -0.25) is 0 Å². The number of halogens is 1. The van der Waals surface area contributed by atoms with Crippen molar-refractivity contribution < 1.29 is 4.52 Å². The molecule has 2 nitrogen and oxygen atoms in total. The van der Waals surface area contributed by atoms with Crippen molar-refractivity contribution >= 4 is 11.6 Å². The average molecular weight is 228 g/mol. The highest BCUT2D eigenvalue weighted by atomic mass is 35.5. The van der Waals surface area contributed by atoms with Gasteiger partial charge in [0.05, 0.1) is 11.6 Å². The minimum Gasteiger partial charge on any atom is -0.360 e. The summed E-state index contributed by atoms with van der Waals surface area (Å²) < 4.78 is 5.16. The zero-order valence-electron chi connectivity index (χ0n) is 9.04. The second-order valence-electron chi connectivity index (χ2n) is 4.39. The van der Waals surface area contributed by atoms with E-state index in [2.05, 4.69) is 5.16 Å². The molecule has 15 heavy (non-hydrogen) atoms. The SMILES string of the molecule is ClCc1cc(C2CCCCCCC2)no1. The van der Waals surface area contributed by atoms with Crippen LogP contribution < -0.4 is 0 Å². The van der Waals surface area contributed by atoms with Crippen LogP contribution in [0.1, 0.15) is 62.3 Å². The van der Waals surface area contributed by atoms with Gasteiger partial charge in [0.2, 0.25) is 0 Å². The molecule has 1 saturated carbocycles. The second kappa shape index (κ2) is 5.55. The molecule has 0 bridgehead atoms. The molecule has 0 atom stereocenters. The number of alkyl halides is 1. The maximum Gasteiger partial charge on any atom is 0.151 e. The van der Waals surface area contributed by atoms with Crippen LogP contribution in [0.25, 0.3) is 0 Å². The first-order valence-electron chi connectivity index (χ1n) is 5.91. The highest BCUT2D eigenvalue weighted by Crippen LogP contribution is 2.30. The number of nitrogens with zero attached hydrogens (tertiary/aromatic N) is 1. The van der Waals surface area contributed by atoms with Gasteiger partial charge in [-0.05, 0) is 12.8 Å². The standard InChI is InChI=1S/C12H18ClNO/c13-9-11-8-12(14-15-11)10-6-4-2-1-3-5-7-10/h8,10H,1-7,9H2. The summed E-state index contributed by atoms with van der Waals surface area (Å²) in [6.07, 6.45) is 9.32. The lowest BCUT2D eigenvalue weighted by molar-refractivity contribution is 0.370. The van der Waals surface area contributed by atoms with Crippen LogP contribution in [0.4, 0.5) is 0 Å². The topological polar surface area (TPSA) is 26.0 Å². The zero-order valence-corrected chi connectivity index (χ0v) is 9.80. The lowest BCUT2D eigenvalue weighted by Crippen LogP contribution is -2.02. The Kier molecular flexibility index (Phi) is 4.07. The average Bonchev–Trinajstić information content (AvgIpc) is 2.65. The quantitative estimate of drug-likeness (QED) is 0.707. The Balaban J connectivity index is 2.00. The number of hydrogen-bond acceptors (Lipinski definition) is 2. The molecule has 0 unspecified atom stereocenters. The molecule has 2 rings (SSSR count). The van der Waals surface area contributed by atoms with E-state index in [0.29, 0.717) is 11.8 Å². The molecule has 1 heterocycles. The lowest BCUT2D eigenvalue weighted by atomic mass is 9.89. The maximum absolute atomic E-state index is 5.70. The first kappa shape index (κ1) is 11.0. The highest BCUT2D eigenvalue weighted by molar-refractivity contribution is 6.16. The smallest absolute Gasteiger partial charge is 0.151 e. The molecular weight excluding hydrogens is 210 g/mol. The number of aromatic nitrogens is 1. The molecule has 1 aliphatic carbocycles. The molecule has 84 valence electrons. The van der Waals surface area contributed by atoms with Crippen LogP contribution in [0.5, 0.6) is 0 Å². The number of rotatable bonds is 2. The van der Waals surface area contributed by atoms with E-state index in [0.717, 1.165) is 11.5 Å². The van der Waals surface area contributed by atoms with Gasteiger partial charge in [-0.15, -0.1) is 11.6 Å². The van der Waals surface area contributed by atoms with E-state index in [1.54, 1.807) is 0 Å². The van der Waals surface area contributed by atoms with Gasteiger partial charge in [-0.2, -0.15) is 0 Å². The van der Waals surface area contributed by atoms with E-state index in [4.69, 9.17) is 16.1 Å². The molecule has 0 radical (unpaired) electrons. The largest absolute Gasteiger partial charge is 0.360 e. The minimum atomic E-state index is 0.430. The summed E-state index contributed by atoms with van der Waals surface area (Å²) in [7, 11) is 0. The highest BCUT2D eigenvalue weighted by Gasteiger charge is 2.17. The Morgan fingerprint density at radius 1 is 1.20 bits per heavy atom. The van der Waals surface area contributed by atoms with E-state index >= 15 is 0 Å². The van der Waals surface area contributed by atoms with Gasteiger partial charge in [-0.25, -0.2) is 0 Å². The van der Waals surface area contributed by atoms with Crippen LogP contribution in [-0.2, 0) is 5.88 Å². The van der Waals surface area contributed by atoms with E-state index < -0.39 is 0 Å². The monoisotopic (exact) mass is 227 g/mol. The Hall–Kier alpha value is -0.500. The number of hydrogen-bond donors (Lipinski definition) is 0. The van der Waals surface area contributed by atoms with E-state index in [-0.39, 0.29) is 0 Å². The molecule has 0 spiro atoms. The van der Waals surface area contributed by atoms with E-state index in [9.17, 15) is 0 Å². The second-order valence-corrected chi connectivity index (χ2v) is 4.66. The third-order valence-corrected chi connectivity index (χ3v) is 3.50. The lowest BCUT2D eigenvalue weighted by Gasteiger charge is -2.16. The Morgan fingerprint density at radius 3 is 2.47 bits per heavy atom. The van der Waals surface area contributed by atoms with Crippen molar-refractivity contribution in [3.63, 3.8) is 0 Å². The Bertz CT molecular complexity index is 290. The molecule has 0 saturated heterocycles. The van der Waals surface area contributed by atoms with Crippen molar-refractivity contribution in [1.29, 1.82) is 0 Å². The van der Waals surface area contributed by atoms with Crippen molar-refractivity contribution in [2.45, 2.75) is 56.7 Å². The summed E-state index contributed by atoms with van der Waals surface area (Å²) >= 11 is 5.70. The van der Waals surface area contributed by atoms with Crippen LogP contribution >= 0.6 is 11.6 Å². The van der Waals surface area contributed by atoms with Crippen molar-refractivity contribution in [2.75, 3.05) is 0 Å². The fourth-order valence-electron chi connectivity index (χ4n) is 2.34. The van der Waals surface area contributed by atoms with Gasteiger partial charge in [0, 0.05) is 12.0 Å². The summed E-state index contributed by atoms with van der Waals surface area (Å²) in [6, 6.07) is 2.03. The van der Waals surface area contributed by atoms with Gasteiger partial charge in [-0.1, -0.05) is 37.3 Å². The third-order valence-electron chi connectivity index (χ3n) is 3.23. The maximum atomic E-state index is 5.70. The van der Waals surface area contributed by atoms with E-state index in [1.807, 2.05) is 6.07 Å². The van der Waals surface area contributed by atoms with E-state index in [1.165, 1.54) is 44.9 Å². The Morgan fingerprint density at radius 2 is 1.87 bits per heavy atom. The molecule has 0 amide bonds.